The summed E-state index contributed by atoms with van der Waals surface area (Å²) in [6, 6.07) is 8.02. The maximum atomic E-state index is 6.00. The number of methoxy groups -OCH3 is 1. The molecule has 1 aromatic carbocycles. The third-order valence-electron chi connectivity index (χ3n) is 3.51. The molecular weight excluding hydrogens is 262 g/mol. The van der Waals surface area contributed by atoms with Gasteiger partial charge in [0.25, 0.3) is 0 Å². The maximum Gasteiger partial charge on any atom is 0.0908 e. The van der Waals surface area contributed by atoms with Crippen molar-refractivity contribution in [1.82, 2.24) is 10.3 Å². The number of fused-ring (bicyclic) bond motifs is 1. The van der Waals surface area contributed by atoms with Crippen LogP contribution in [0.3, 0.4) is 0 Å². The van der Waals surface area contributed by atoms with Gasteiger partial charge in [0.05, 0.1) is 17.7 Å². The van der Waals surface area contributed by atoms with E-state index < -0.39 is 0 Å². The number of halogens is 1. The van der Waals surface area contributed by atoms with Gasteiger partial charge < -0.3 is 15.4 Å². The summed E-state index contributed by atoms with van der Waals surface area (Å²) in [5.41, 5.74) is 1.97. The first kappa shape index (κ1) is 12.7. The van der Waals surface area contributed by atoms with Crippen LogP contribution in [-0.4, -0.2) is 37.3 Å². The van der Waals surface area contributed by atoms with Gasteiger partial charge >= 0.3 is 0 Å². The zero-order valence-corrected chi connectivity index (χ0v) is 11.4. The summed E-state index contributed by atoms with van der Waals surface area (Å²) in [5.74, 6) is 0. The summed E-state index contributed by atoms with van der Waals surface area (Å²) in [7, 11) is 1.75. The monoisotopic (exact) mass is 277 g/mol. The van der Waals surface area contributed by atoms with Crippen LogP contribution in [0.25, 0.3) is 10.9 Å². The molecule has 1 saturated heterocycles. The van der Waals surface area contributed by atoms with Crippen LogP contribution < -0.4 is 10.6 Å². The third kappa shape index (κ3) is 2.52. The van der Waals surface area contributed by atoms with E-state index in [1.807, 2.05) is 24.3 Å². The molecule has 3 rings (SSSR count). The van der Waals surface area contributed by atoms with E-state index in [1.165, 1.54) is 0 Å². The second kappa shape index (κ2) is 5.33. The maximum absolute atomic E-state index is 6.00. The molecule has 0 bridgehead atoms. The molecule has 19 heavy (non-hydrogen) atoms. The van der Waals surface area contributed by atoms with E-state index in [0.29, 0.717) is 5.02 Å². The minimum atomic E-state index is 0.190. The number of hydrogen-bond acceptors (Lipinski definition) is 4. The predicted octanol–water partition coefficient (Wildman–Crippen LogP) is 2.29. The number of nitrogens with zero attached hydrogens (tertiary/aromatic N) is 1. The SMILES string of the molecule is CO[C@H]1CNCC1Nc1ccnc2cc(Cl)ccc12. The Hall–Kier alpha value is -1.36. The van der Waals surface area contributed by atoms with Crippen LogP contribution in [0.4, 0.5) is 5.69 Å². The number of ether oxygens (including phenoxy) is 1. The van der Waals surface area contributed by atoms with Gasteiger partial charge in [0, 0.05) is 42.5 Å². The fourth-order valence-electron chi connectivity index (χ4n) is 2.49. The number of anilines is 1. The Morgan fingerprint density at radius 1 is 1.37 bits per heavy atom. The number of nitrogens with one attached hydrogen (secondary N) is 2. The van der Waals surface area contributed by atoms with Gasteiger partial charge in [-0.3, -0.25) is 4.98 Å². The highest BCUT2D eigenvalue weighted by Crippen LogP contribution is 2.25. The van der Waals surface area contributed by atoms with E-state index in [2.05, 4.69) is 15.6 Å². The minimum Gasteiger partial charge on any atom is -0.378 e. The molecule has 2 atom stereocenters. The molecule has 1 aromatic heterocycles. The van der Waals surface area contributed by atoms with E-state index in [0.717, 1.165) is 29.7 Å². The quantitative estimate of drug-likeness (QED) is 0.904. The summed E-state index contributed by atoms with van der Waals surface area (Å²) in [6.07, 6.45) is 1.99. The normalized spacial score (nSPS) is 22.8. The fraction of sp³-hybridized carbons (Fsp3) is 0.357. The van der Waals surface area contributed by atoms with Crippen LogP contribution in [0.1, 0.15) is 0 Å². The van der Waals surface area contributed by atoms with Crippen LogP contribution in [0.2, 0.25) is 5.02 Å². The number of hydrogen-bond donors (Lipinski definition) is 2. The number of aromatic nitrogens is 1. The number of rotatable bonds is 3. The Labute approximate surface area is 117 Å². The Morgan fingerprint density at radius 2 is 2.26 bits per heavy atom. The van der Waals surface area contributed by atoms with Crippen molar-refractivity contribution >= 4 is 28.2 Å². The molecule has 100 valence electrons. The molecule has 0 aliphatic carbocycles. The Balaban J connectivity index is 1.92. The van der Waals surface area contributed by atoms with E-state index in [4.69, 9.17) is 16.3 Å². The van der Waals surface area contributed by atoms with Crippen LogP contribution in [0.15, 0.2) is 30.5 Å². The lowest BCUT2D eigenvalue weighted by Gasteiger charge is -2.20. The number of benzene rings is 1. The highest BCUT2D eigenvalue weighted by molar-refractivity contribution is 6.31. The van der Waals surface area contributed by atoms with E-state index in [9.17, 15) is 0 Å². The lowest BCUT2D eigenvalue weighted by atomic mass is 10.1. The summed E-state index contributed by atoms with van der Waals surface area (Å²) in [5, 5.41) is 8.64. The molecule has 0 amide bonds. The highest BCUT2D eigenvalue weighted by atomic mass is 35.5. The van der Waals surface area contributed by atoms with Gasteiger partial charge in [-0.05, 0) is 24.3 Å². The summed E-state index contributed by atoms with van der Waals surface area (Å²) in [6.45, 7) is 1.78. The van der Waals surface area contributed by atoms with E-state index in [-0.39, 0.29) is 12.1 Å². The summed E-state index contributed by atoms with van der Waals surface area (Å²) in [4.78, 5) is 4.35. The summed E-state index contributed by atoms with van der Waals surface area (Å²) >= 11 is 6.00. The molecule has 0 spiro atoms. The van der Waals surface area contributed by atoms with Crippen molar-refractivity contribution < 1.29 is 4.74 Å². The predicted molar refractivity (Wildman–Crippen MR) is 77.8 cm³/mol. The molecule has 1 aliphatic heterocycles. The van der Waals surface area contributed by atoms with Gasteiger partial charge in [0.15, 0.2) is 0 Å². The minimum absolute atomic E-state index is 0.190. The molecule has 1 fully saturated rings. The molecule has 0 radical (unpaired) electrons. The standard InChI is InChI=1S/C14H16ClN3O/c1-19-14-8-16-7-13(14)18-11-4-5-17-12-6-9(15)2-3-10(11)12/h2-6,13-14,16H,7-8H2,1H3,(H,17,18)/t13?,14-/m0/s1. The number of pyridine rings is 1. The first-order valence-corrected chi connectivity index (χ1v) is 6.70. The average molecular weight is 278 g/mol. The lowest BCUT2D eigenvalue weighted by Crippen LogP contribution is -2.33. The van der Waals surface area contributed by atoms with Gasteiger partial charge in [-0.25, -0.2) is 0 Å². The zero-order chi connectivity index (χ0) is 13.2. The molecule has 2 N–H and O–H groups in total. The smallest absolute Gasteiger partial charge is 0.0908 e. The van der Waals surface area contributed by atoms with Gasteiger partial charge in [-0.2, -0.15) is 0 Å². The molecule has 2 heterocycles. The molecule has 4 nitrogen and oxygen atoms in total. The average Bonchev–Trinajstić information content (AvgIpc) is 2.86. The molecule has 0 saturated carbocycles. The van der Waals surface area contributed by atoms with Crippen LogP contribution in [0.5, 0.6) is 0 Å². The highest BCUT2D eigenvalue weighted by Gasteiger charge is 2.26. The second-order valence-corrected chi connectivity index (χ2v) is 5.14. The molecule has 1 aliphatic rings. The largest absolute Gasteiger partial charge is 0.378 e. The Kier molecular flexibility index (Phi) is 3.55. The van der Waals surface area contributed by atoms with Crippen molar-refractivity contribution in [2.24, 2.45) is 0 Å². The van der Waals surface area contributed by atoms with Gasteiger partial charge in [0.1, 0.15) is 0 Å². The zero-order valence-electron chi connectivity index (χ0n) is 10.7. The van der Waals surface area contributed by atoms with Crippen LogP contribution in [-0.2, 0) is 4.74 Å². The van der Waals surface area contributed by atoms with Gasteiger partial charge in [-0.1, -0.05) is 11.6 Å². The molecular formula is C14H16ClN3O. The van der Waals surface area contributed by atoms with Crippen molar-refractivity contribution in [2.75, 3.05) is 25.5 Å². The Bertz CT molecular complexity index is 590. The van der Waals surface area contributed by atoms with Gasteiger partial charge in [0.2, 0.25) is 0 Å². The van der Waals surface area contributed by atoms with Crippen LogP contribution >= 0.6 is 11.6 Å². The van der Waals surface area contributed by atoms with Crippen molar-refractivity contribution in [3.8, 4) is 0 Å². The first-order chi connectivity index (χ1) is 9.28. The Morgan fingerprint density at radius 3 is 3.11 bits per heavy atom. The van der Waals surface area contributed by atoms with Crippen molar-refractivity contribution in [3.63, 3.8) is 0 Å². The second-order valence-electron chi connectivity index (χ2n) is 4.70. The topological polar surface area (TPSA) is 46.2 Å². The molecule has 5 heteroatoms. The van der Waals surface area contributed by atoms with Gasteiger partial charge in [-0.15, -0.1) is 0 Å². The third-order valence-corrected chi connectivity index (χ3v) is 3.74. The van der Waals surface area contributed by atoms with Crippen molar-refractivity contribution in [1.29, 1.82) is 0 Å². The fourth-order valence-corrected chi connectivity index (χ4v) is 2.66. The first-order valence-electron chi connectivity index (χ1n) is 6.32. The summed E-state index contributed by atoms with van der Waals surface area (Å²) < 4.78 is 5.47. The van der Waals surface area contributed by atoms with Crippen molar-refractivity contribution in [2.45, 2.75) is 12.1 Å². The van der Waals surface area contributed by atoms with Crippen molar-refractivity contribution in [3.05, 3.63) is 35.5 Å². The van der Waals surface area contributed by atoms with E-state index in [1.54, 1.807) is 13.3 Å². The molecule has 2 aromatic rings. The molecule has 1 unspecified atom stereocenters. The lowest BCUT2D eigenvalue weighted by molar-refractivity contribution is 0.112. The van der Waals surface area contributed by atoms with Crippen LogP contribution in [0, 0.1) is 0 Å². The van der Waals surface area contributed by atoms with E-state index >= 15 is 0 Å².